The maximum atomic E-state index is 6.64. The highest BCUT2D eigenvalue weighted by molar-refractivity contribution is 6.25. The maximum Gasteiger partial charge on any atom is 0.164 e. The summed E-state index contributed by atoms with van der Waals surface area (Å²) in [4.78, 5) is 15.1. The van der Waals surface area contributed by atoms with Crippen LogP contribution in [0.4, 0.5) is 0 Å². The number of nitrogens with zero attached hydrogens (tertiary/aromatic N) is 3. The zero-order valence-electron chi connectivity index (χ0n) is 33.0. The molecule has 2 heterocycles. The molecule has 0 fully saturated rings. The number of hydrogen-bond donors (Lipinski definition) is 0. The molecule has 0 aliphatic carbocycles. The Labute approximate surface area is 352 Å². The fraction of sp³-hybridized carbons (Fsp3) is 0. The first-order chi connectivity index (χ1) is 30.2. The van der Waals surface area contributed by atoms with Gasteiger partial charge in [0.2, 0.25) is 0 Å². The van der Waals surface area contributed by atoms with Crippen molar-refractivity contribution in [2.24, 2.45) is 0 Å². The van der Waals surface area contributed by atoms with Gasteiger partial charge in [0, 0.05) is 27.5 Å². The van der Waals surface area contributed by atoms with Crippen LogP contribution in [-0.4, -0.2) is 15.0 Å². The first kappa shape index (κ1) is 34.8. The van der Waals surface area contributed by atoms with E-state index in [4.69, 9.17) is 19.4 Å². The van der Waals surface area contributed by atoms with Gasteiger partial charge in [0.1, 0.15) is 11.2 Å². The number of rotatable bonds is 6. The van der Waals surface area contributed by atoms with Crippen LogP contribution in [0, 0.1) is 0 Å². The summed E-state index contributed by atoms with van der Waals surface area (Å²) in [6.45, 7) is 0. The lowest BCUT2D eigenvalue weighted by Gasteiger charge is -2.12. The van der Waals surface area contributed by atoms with Crippen LogP contribution in [-0.2, 0) is 0 Å². The van der Waals surface area contributed by atoms with E-state index in [1.807, 2.05) is 36.4 Å². The highest BCUT2D eigenvalue weighted by atomic mass is 16.3. The van der Waals surface area contributed by atoms with Gasteiger partial charge in [-0.3, -0.25) is 0 Å². The third kappa shape index (κ3) is 6.12. The van der Waals surface area contributed by atoms with Crippen molar-refractivity contribution in [3.8, 4) is 67.5 Å². The Kier molecular flexibility index (Phi) is 8.13. The molecule has 0 N–H and O–H groups in total. The molecule has 284 valence electrons. The Hall–Kier alpha value is -8.21. The lowest BCUT2D eigenvalue weighted by Crippen LogP contribution is -2.00. The van der Waals surface area contributed by atoms with Crippen LogP contribution in [0.3, 0.4) is 0 Å². The molecule has 4 nitrogen and oxygen atoms in total. The summed E-state index contributed by atoms with van der Waals surface area (Å²) in [6.07, 6.45) is 0. The summed E-state index contributed by atoms with van der Waals surface area (Å²) in [7, 11) is 0. The molecule has 0 aliphatic heterocycles. The second-order valence-electron chi connectivity index (χ2n) is 15.6. The van der Waals surface area contributed by atoms with Crippen LogP contribution >= 0.6 is 0 Å². The smallest absolute Gasteiger partial charge is 0.164 e. The molecule has 0 atom stereocenters. The second-order valence-corrected chi connectivity index (χ2v) is 15.6. The van der Waals surface area contributed by atoms with Gasteiger partial charge in [-0.2, -0.15) is 0 Å². The second kappa shape index (κ2) is 14.3. The van der Waals surface area contributed by atoms with Crippen LogP contribution in [0.25, 0.3) is 122 Å². The van der Waals surface area contributed by atoms with Crippen molar-refractivity contribution in [1.82, 2.24) is 15.0 Å². The van der Waals surface area contributed by atoms with Gasteiger partial charge in [-0.1, -0.05) is 182 Å². The fourth-order valence-corrected chi connectivity index (χ4v) is 8.83. The van der Waals surface area contributed by atoms with E-state index in [1.54, 1.807) is 0 Å². The van der Waals surface area contributed by atoms with Crippen molar-refractivity contribution in [3.05, 3.63) is 212 Å². The minimum atomic E-state index is 0.586. The Balaban J connectivity index is 0.905. The normalized spacial score (nSPS) is 11.6. The standard InChI is InChI=1S/C57H35N3O/c1-3-11-36(12-4-1)37-19-21-38(22-20-37)39-23-25-41(26-24-39)56-58-55(40-13-5-2-6-14-40)59-57(60-56)44-29-32-51-50-31-28-43(34-53(50)61-54(51)35-44)42-27-30-49-47-17-8-7-15-45(47)46-16-9-10-18-48(46)52(49)33-42/h1-35H. The largest absolute Gasteiger partial charge is 0.456 e. The number of aromatic nitrogens is 3. The maximum absolute atomic E-state index is 6.64. The van der Waals surface area contributed by atoms with Gasteiger partial charge >= 0.3 is 0 Å². The van der Waals surface area contributed by atoms with Crippen molar-refractivity contribution in [3.63, 3.8) is 0 Å². The Morgan fingerprint density at radius 2 is 0.525 bits per heavy atom. The van der Waals surface area contributed by atoms with E-state index in [-0.39, 0.29) is 0 Å². The molecule has 0 unspecified atom stereocenters. The van der Waals surface area contributed by atoms with Crippen molar-refractivity contribution in [2.45, 2.75) is 0 Å². The highest BCUT2D eigenvalue weighted by Gasteiger charge is 2.16. The first-order valence-corrected chi connectivity index (χ1v) is 20.6. The molecule has 10 aromatic carbocycles. The van der Waals surface area contributed by atoms with E-state index in [9.17, 15) is 0 Å². The lowest BCUT2D eigenvalue weighted by atomic mass is 9.92. The average molecular weight is 778 g/mol. The molecular weight excluding hydrogens is 743 g/mol. The van der Waals surface area contributed by atoms with Gasteiger partial charge in [0.05, 0.1) is 0 Å². The molecule has 61 heavy (non-hydrogen) atoms. The van der Waals surface area contributed by atoms with Crippen LogP contribution in [0.1, 0.15) is 0 Å². The molecule has 0 saturated heterocycles. The van der Waals surface area contributed by atoms with Crippen molar-refractivity contribution in [1.29, 1.82) is 0 Å². The summed E-state index contributed by atoms with van der Waals surface area (Å²) in [6, 6.07) is 74.7. The van der Waals surface area contributed by atoms with Gasteiger partial charge in [-0.25, -0.2) is 15.0 Å². The fourth-order valence-electron chi connectivity index (χ4n) is 8.83. The molecule has 12 aromatic rings. The van der Waals surface area contributed by atoms with Gasteiger partial charge in [-0.05, 0) is 96.0 Å². The summed E-state index contributed by atoms with van der Waals surface area (Å²) in [5.41, 5.74) is 11.3. The van der Waals surface area contributed by atoms with Crippen molar-refractivity contribution >= 4 is 54.3 Å². The SMILES string of the molecule is c1ccc(-c2ccc(-c3ccc(-c4nc(-c5ccccc5)nc(-c5ccc6c(c5)oc5cc(-c7ccc8c9ccccc9c9ccccc9c8c7)ccc56)n4)cc3)cc2)cc1. The predicted molar refractivity (Wildman–Crippen MR) is 252 cm³/mol. The number of benzene rings is 10. The van der Waals surface area contributed by atoms with Crippen LogP contribution in [0.2, 0.25) is 0 Å². The summed E-state index contributed by atoms with van der Waals surface area (Å²) in [5, 5.41) is 9.70. The lowest BCUT2D eigenvalue weighted by molar-refractivity contribution is 0.669. The summed E-state index contributed by atoms with van der Waals surface area (Å²) < 4.78 is 6.64. The Morgan fingerprint density at radius 3 is 1.05 bits per heavy atom. The number of fused-ring (bicyclic) bond motifs is 9. The third-order valence-corrected chi connectivity index (χ3v) is 11.9. The van der Waals surface area contributed by atoms with E-state index >= 15 is 0 Å². The van der Waals surface area contributed by atoms with Crippen LogP contribution in [0.15, 0.2) is 217 Å². The van der Waals surface area contributed by atoms with E-state index in [2.05, 4.69) is 176 Å². The molecule has 0 spiro atoms. The molecule has 4 heteroatoms. The van der Waals surface area contributed by atoms with Crippen molar-refractivity contribution < 1.29 is 4.42 Å². The molecular formula is C57H35N3O. The summed E-state index contributed by atoms with van der Waals surface area (Å²) in [5.74, 6) is 1.82. The van der Waals surface area contributed by atoms with Crippen LogP contribution < -0.4 is 0 Å². The number of hydrogen-bond acceptors (Lipinski definition) is 4. The van der Waals surface area contributed by atoms with Gasteiger partial charge < -0.3 is 4.42 Å². The molecule has 0 saturated carbocycles. The molecule has 2 aromatic heterocycles. The quantitative estimate of drug-likeness (QED) is 0.158. The monoisotopic (exact) mass is 777 g/mol. The molecule has 0 bridgehead atoms. The molecule has 0 amide bonds. The minimum Gasteiger partial charge on any atom is -0.456 e. The predicted octanol–water partition coefficient (Wildman–Crippen LogP) is 15.2. The minimum absolute atomic E-state index is 0.586. The topological polar surface area (TPSA) is 51.8 Å². The Bertz CT molecular complexity index is 3580. The van der Waals surface area contributed by atoms with Crippen molar-refractivity contribution in [2.75, 3.05) is 0 Å². The molecule has 0 radical (unpaired) electrons. The zero-order chi connectivity index (χ0) is 40.3. The van der Waals surface area contributed by atoms with E-state index in [0.717, 1.165) is 60.9 Å². The molecule has 12 rings (SSSR count). The number of furan rings is 1. The van der Waals surface area contributed by atoms with Crippen LogP contribution in [0.5, 0.6) is 0 Å². The highest BCUT2D eigenvalue weighted by Crippen LogP contribution is 2.39. The van der Waals surface area contributed by atoms with E-state index in [0.29, 0.717) is 17.5 Å². The third-order valence-electron chi connectivity index (χ3n) is 11.9. The van der Waals surface area contributed by atoms with Gasteiger partial charge in [0.25, 0.3) is 0 Å². The Morgan fingerprint density at radius 1 is 0.213 bits per heavy atom. The van der Waals surface area contributed by atoms with Gasteiger partial charge in [0.15, 0.2) is 17.5 Å². The zero-order valence-corrected chi connectivity index (χ0v) is 33.0. The van der Waals surface area contributed by atoms with E-state index in [1.165, 1.54) is 43.4 Å². The van der Waals surface area contributed by atoms with Gasteiger partial charge in [-0.15, -0.1) is 0 Å². The average Bonchev–Trinajstić information content (AvgIpc) is 3.72. The first-order valence-electron chi connectivity index (χ1n) is 20.6. The summed E-state index contributed by atoms with van der Waals surface area (Å²) >= 11 is 0. The van der Waals surface area contributed by atoms with E-state index < -0.39 is 0 Å². The molecule has 0 aliphatic rings.